The molecule has 1 saturated heterocycles. The number of aliphatic hydroxyl groups excluding tert-OH is 1. The second kappa shape index (κ2) is 6.98. The fraction of sp³-hybridized carbons (Fsp3) is 0.471. The van der Waals surface area contributed by atoms with Crippen molar-refractivity contribution in [1.82, 2.24) is 4.90 Å². The molecule has 2 atom stereocenters. The molecule has 1 aromatic rings. The number of carbonyl (C=O) groups is 1. The molecule has 1 aliphatic heterocycles. The minimum absolute atomic E-state index is 0.0311. The first kappa shape index (κ1) is 15.9. The summed E-state index contributed by atoms with van der Waals surface area (Å²) in [4.78, 5) is 14.4. The second-order valence-corrected chi connectivity index (χ2v) is 6.02. The first-order valence-electron chi connectivity index (χ1n) is 7.23. The van der Waals surface area contributed by atoms with Crippen molar-refractivity contribution in [3.63, 3.8) is 0 Å². The van der Waals surface area contributed by atoms with E-state index in [2.05, 4.69) is 25.7 Å². The molecule has 1 N–H and O–H groups in total. The SMILES string of the molecule is CC1CC(C)N(C(=O)c2ccc(C#CCCO)c(Cl)c2)C1. The number of nitrogens with zero attached hydrogens (tertiary/aromatic N) is 1. The summed E-state index contributed by atoms with van der Waals surface area (Å²) in [7, 11) is 0. The molecule has 1 fully saturated rings. The van der Waals surface area contributed by atoms with Gasteiger partial charge in [0.25, 0.3) is 5.91 Å². The monoisotopic (exact) mass is 305 g/mol. The Labute approximate surface area is 130 Å². The van der Waals surface area contributed by atoms with Crippen LogP contribution in [0.3, 0.4) is 0 Å². The number of hydrogen-bond donors (Lipinski definition) is 1. The number of rotatable bonds is 2. The molecule has 2 unspecified atom stereocenters. The number of benzene rings is 1. The van der Waals surface area contributed by atoms with Crippen LogP contribution < -0.4 is 0 Å². The van der Waals surface area contributed by atoms with Gasteiger partial charge in [-0.05, 0) is 37.5 Å². The number of halogens is 1. The van der Waals surface area contributed by atoms with Gasteiger partial charge in [-0.1, -0.05) is 30.4 Å². The molecule has 1 amide bonds. The Balaban J connectivity index is 2.17. The summed E-state index contributed by atoms with van der Waals surface area (Å²) in [5, 5.41) is 9.19. The van der Waals surface area contributed by atoms with Crippen molar-refractivity contribution >= 4 is 17.5 Å². The van der Waals surface area contributed by atoms with Crippen LogP contribution in [0.15, 0.2) is 18.2 Å². The molecule has 0 radical (unpaired) electrons. The fourth-order valence-electron chi connectivity index (χ4n) is 2.71. The van der Waals surface area contributed by atoms with Crippen LogP contribution in [-0.4, -0.2) is 35.1 Å². The highest BCUT2D eigenvalue weighted by atomic mass is 35.5. The minimum Gasteiger partial charge on any atom is -0.395 e. The Morgan fingerprint density at radius 3 is 2.81 bits per heavy atom. The van der Waals surface area contributed by atoms with E-state index in [4.69, 9.17) is 16.7 Å². The van der Waals surface area contributed by atoms with E-state index < -0.39 is 0 Å². The summed E-state index contributed by atoms with van der Waals surface area (Å²) in [6, 6.07) is 5.50. The minimum atomic E-state index is 0.0311. The van der Waals surface area contributed by atoms with E-state index in [1.807, 2.05) is 4.90 Å². The highest BCUT2D eigenvalue weighted by molar-refractivity contribution is 6.32. The molecule has 21 heavy (non-hydrogen) atoms. The van der Waals surface area contributed by atoms with Crippen LogP contribution in [0.25, 0.3) is 0 Å². The summed E-state index contributed by atoms with van der Waals surface area (Å²) < 4.78 is 0. The van der Waals surface area contributed by atoms with Gasteiger partial charge in [0.15, 0.2) is 0 Å². The Kier molecular flexibility index (Phi) is 5.27. The number of carbonyl (C=O) groups excluding carboxylic acids is 1. The number of hydrogen-bond acceptors (Lipinski definition) is 2. The van der Waals surface area contributed by atoms with Gasteiger partial charge in [-0.25, -0.2) is 0 Å². The summed E-state index contributed by atoms with van der Waals surface area (Å²) in [6.45, 7) is 5.08. The van der Waals surface area contributed by atoms with Crippen molar-refractivity contribution < 1.29 is 9.90 Å². The lowest BCUT2D eigenvalue weighted by molar-refractivity contribution is 0.0744. The van der Waals surface area contributed by atoms with E-state index in [9.17, 15) is 4.79 Å². The molecule has 0 saturated carbocycles. The van der Waals surface area contributed by atoms with Crippen LogP contribution in [0, 0.1) is 17.8 Å². The standard InChI is InChI=1S/C17H20ClNO2/c1-12-9-13(2)19(11-12)17(21)15-7-6-14(16(18)10-15)5-3-4-8-20/h6-7,10,12-13,20H,4,8-9,11H2,1-2H3. The van der Waals surface area contributed by atoms with Crippen molar-refractivity contribution in [3.05, 3.63) is 34.3 Å². The third-order valence-electron chi connectivity index (χ3n) is 3.72. The van der Waals surface area contributed by atoms with Crippen LogP contribution in [-0.2, 0) is 0 Å². The maximum absolute atomic E-state index is 12.5. The predicted octanol–water partition coefficient (Wildman–Crippen LogP) is 2.94. The number of amides is 1. The van der Waals surface area contributed by atoms with Crippen LogP contribution in [0.2, 0.25) is 5.02 Å². The summed E-state index contributed by atoms with van der Waals surface area (Å²) in [6.07, 6.45) is 1.46. The third-order valence-corrected chi connectivity index (χ3v) is 4.03. The van der Waals surface area contributed by atoms with Crippen molar-refractivity contribution in [3.8, 4) is 11.8 Å². The van der Waals surface area contributed by atoms with Gasteiger partial charge in [0.2, 0.25) is 0 Å². The average Bonchev–Trinajstić information content (AvgIpc) is 2.79. The molecule has 0 aromatic heterocycles. The van der Waals surface area contributed by atoms with Crippen molar-refractivity contribution in [2.45, 2.75) is 32.7 Å². The number of likely N-dealkylation sites (tertiary alicyclic amines) is 1. The Morgan fingerprint density at radius 1 is 1.48 bits per heavy atom. The van der Waals surface area contributed by atoms with Crippen molar-refractivity contribution in [1.29, 1.82) is 0 Å². The van der Waals surface area contributed by atoms with Gasteiger partial charge < -0.3 is 10.0 Å². The molecule has 3 nitrogen and oxygen atoms in total. The van der Waals surface area contributed by atoms with E-state index in [1.54, 1.807) is 18.2 Å². The molecule has 1 aliphatic rings. The van der Waals surface area contributed by atoms with Gasteiger partial charge >= 0.3 is 0 Å². The van der Waals surface area contributed by atoms with Crippen LogP contribution in [0.5, 0.6) is 0 Å². The van der Waals surface area contributed by atoms with E-state index in [0.717, 1.165) is 13.0 Å². The average molecular weight is 306 g/mol. The zero-order valence-corrected chi connectivity index (χ0v) is 13.2. The first-order chi connectivity index (χ1) is 10.0. The lowest BCUT2D eigenvalue weighted by atomic mass is 10.1. The number of aliphatic hydroxyl groups is 1. The Morgan fingerprint density at radius 2 is 2.24 bits per heavy atom. The van der Waals surface area contributed by atoms with Gasteiger partial charge in [0, 0.05) is 30.1 Å². The molecular formula is C17H20ClNO2. The van der Waals surface area contributed by atoms with E-state index >= 15 is 0 Å². The smallest absolute Gasteiger partial charge is 0.254 e. The summed E-state index contributed by atoms with van der Waals surface area (Å²) in [5.41, 5.74) is 1.29. The molecule has 1 aromatic carbocycles. The second-order valence-electron chi connectivity index (χ2n) is 5.62. The van der Waals surface area contributed by atoms with Gasteiger partial charge in [0.1, 0.15) is 0 Å². The quantitative estimate of drug-likeness (QED) is 0.854. The van der Waals surface area contributed by atoms with Gasteiger partial charge in [0.05, 0.1) is 11.6 Å². The third kappa shape index (κ3) is 3.78. The molecular weight excluding hydrogens is 286 g/mol. The topological polar surface area (TPSA) is 40.5 Å². The molecule has 0 aliphatic carbocycles. The fourth-order valence-corrected chi connectivity index (χ4v) is 2.94. The highest BCUT2D eigenvalue weighted by Gasteiger charge is 2.30. The molecule has 0 spiro atoms. The van der Waals surface area contributed by atoms with Crippen LogP contribution in [0.4, 0.5) is 0 Å². The normalized spacial score (nSPS) is 21.0. The molecule has 112 valence electrons. The van der Waals surface area contributed by atoms with Gasteiger partial charge in [-0.3, -0.25) is 4.79 Å². The lowest BCUT2D eigenvalue weighted by Gasteiger charge is -2.21. The maximum Gasteiger partial charge on any atom is 0.254 e. The molecule has 0 bridgehead atoms. The maximum atomic E-state index is 12.5. The summed E-state index contributed by atoms with van der Waals surface area (Å²) >= 11 is 6.19. The van der Waals surface area contributed by atoms with Gasteiger partial charge in [-0.2, -0.15) is 0 Å². The summed E-state index contributed by atoms with van der Waals surface area (Å²) in [5.74, 6) is 6.30. The zero-order valence-electron chi connectivity index (χ0n) is 12.4. The predicted molar refractivity (Wildman–Crippen MR) is 84.3 cm³/mol. The highest BCUT2D eigenvalue weighted by Crippen LogP contribution is 2.25. The van der Waals surface area contributed by atoms with E-state index in [0.29, 0.717) is 28.5 Å². The van der Waals surface area contributed by atoms with Crippen molar-refractivity contribution in [2.24, 2.45) is 5.92 Å². The van der Waals surface area contributed by atoms with Gasteiger partial charge in [-0.15, -0.1) is 0 Å². The lowest BCUT2D eigenvalue weighted by Crippen LogP contribution is -2.33. The molecule has 1 heterocycles. The van der Waals surface area contributed by atoms with E-state index in [1.165, 1.54) is 0 Å². The molecule has 4 heteroatoms. The van der Waals surface area contributed by atoms with Crippen molar-refractivity contribution in [2.75, 3.05) is 13.2 Å². The van der Waals surface area contributed by atoms with Crippen LogP contribution in [0.1, 0.15) is 42.6 Å². The zero-order chi connectivity index (χ0) is 15.4. The largest absolute Gasteiger partial charge is 0.395 e. The van der Waals surface area contributed by atoms with E-state index in [-0.39, 0.29) is 18.6 Å². The Hall–Kier alpha value is -1.50. The Bertz CT molecular complexity index is 588. The molecule has 2 rings (SSSR count). The van der Waals surface area contributed by atoms with Crippen LogP contribution >= 0.6 is 11.6 Å². The first-order valence-corrected chi connectivity index (χ1v) is 7.61.